The molecule has 0 radical (unpaired) electrons. The first-order chi connectivity index (χ1) is 9.51. The van der Waals surface area contributed by atoms with Crippen LogP contribution in [-0.4, -0.2) is 0 Å². The Hall–Kier alpha value is -1.89. The van der Waals surface area contributed by atoms with Crippen LogP contribution in [0.3, 0.4) is 0 Å². The topological polar surface area (TPSA) is 59.0 Å². The van der Waals surface area contributed by atoms with Crippen molar-refractivity contribution in [2.24, 2.45) is 0 Å². The summed E-state index contributed by atoms with van der Waals surface area (Å²) in [7, 11) is 0. The number of hydrogen-bond donors (Lipinski definition) is 1. The Kier molecular flexibility index (Phi) is 4.39. The van der Waals surface area contributed by atoms with Crippen LogP contribution in [-0.2, 0) is 6.61 Å². The minimum absolute atomic E-state index is 0.347. The van der Waals surface area contributed by atoms with Crippen molar-refractivity contribution < 1.29 is 4.74 Å². The lowest BCUT2D eigenvalue weighted by atomic mass is 10.1. The van der Waals surface area contributed by atoms with Gasteiger partial charge in [-0.05, 0) is 36.2 Å². The molecule has 0 saturated heterocycles. The van der Waals surface area contributed by atoms with Crippen molar-refractivity contribution in [2.45, 2.75) is 13.5 Å². The van der Waals surface area contributed by atoms with Gasteiger partial charge < -0.3 is 10.5 Å². The van der Waals surface area contributed by atoms with Crippen LogP contribution in [0.5, 0.6) is 5.75 Å². The first kappa shape index (κ1) is 14.5. The molecule has 0 heterocycles. The quantitative estimate of drug-likeness (QED) is 0.858. The van der Waals surface area contributed by atoms with Gasteiger partial charge in [-0.1, -0.05) is 29.3 Å². The lowest BCUT2D eigenvalue weighted by molar-refractivity contribution is 0.307. The van der Waals surface area contributed by atoms with Crippen LogP contribution in [0.4, 0.5) is 5.69 Å². The van der Waals surface area contributed by atoms with Gasteiger partial charge in [-0.3, -0.25) is 0 Å². The predicted octanol–water partition coefficient (Wildman–Crippen LogP) is 4.33. The number of nitrogen functional groups attached to an aromatic ring is 1. The van der Waals surface area contributed by atoms with E-state index in [2.05, 4.69) is 6.07 Å². The van der Waals surface area contributed by atoms with Crippen molar-refractivity contribution in [1.29, 1.82) is 5.26 Å². The number of halogens is 2. The fourth-order valence-electron chi connectivity index (χ4n) is 1.75. The number of aryl methyl sites for hydroxylation is 1. The highest BCUT2D eigenvalue weighted by atomic mass is 35.5. The van der Waals surface area contributed by atoms with E-state index in [1.165, 1.54) is 0 Å². The normalized spacial score (nSPS) is 10.1. The molecule has 2 rings (SSSR count). The molecule has 0 aromatic heterocycles. The average molecular weight is 307 g/mol. The molecule has 2 aromatic carbocycles. The van der Waals surface area contributed by atoms with Crippen LogP contribution in [0, 0.1) is 18.3 Å². The molecule has 0 atom stereocenters. The number of ether oxygens (including phenoxy) is 1. The van der Waals surface area contributed by atoms with E-state index in [0.717, 1.165) is 11.1 Å². The van der Waals surface area contributed by atoms with E-state index < -0.39 is 0 Å². The Morgan fingerprint density at radius 3 is 2.55 bits per heavy atom. The summed E-state index contributed by atoms with van der Waals surface area (Å²) in [6, 6.07) is 10.7. The summed E-state index contributed by atoms with van der Waals surface area (Å²) in [5.74, 6) is 0.489. The van der Waals surface area contributed by atoms with Gasteiger partial charge in [-0.2, -0.15) is 5.26 Å². The second-order valence-electron chi connectivity index (χ2n) is 4.35. The largest absolute Gasteiger partial charge is 0.487 e. The zero-order valence-corrected chi connectivity index (χ0v) is 12.3. The second-order valence-corrected chi connectivity index (χ2v) is 5.16. The number of nitriles is 1. The standard InChI is InChI=1S/C15H12Cl2N2O/c1-9-4-10(7-18)2-3-11(9)8-20-15-6-13(17)12(16)5-14(15)19/h2-6H,8,19H2,1H3. The van der Waals surface area contributed by atoms with Crippen molar-refractivity contribution >= 4 is 28.9 Å². The third kappa shape index (κ3) is 3.16. The average Bonchev–Trinajstić information content (AvgIpc) is 2.42. The van der Waals surface area contributed by atoms with Gasteiger partial charge in [0.1, 0.15) is 12.4 Å². The summed E-state index contributed by atoms with van der Waals surface area (Å²) in [5.41, 5.74) is 8.86. The van der Waals surface area contributed by atoms with Gasteiger partial charge in [0.05, 0.1) is 27.4 Å². The third-order valence-corrected chi connectivity index (χ3v) is 3.63. The van der Waals surface area contributed by atoms with E-state index >= 15 is 0 Å². The molecule has 5 heteroatoms. The van der Waals surface area contributed by atoms with Crippen LogP contribution >= 0.6 is 23.2 Å². The van der Waals surface area contributed by atoms with E-state index in [9.17, 15) is 0 Å². The van der Waals surface area contributed by atoms with Gasteiger partial charge in [-0.15, -0.1) is 0 Å². The number of rotatable bonds is 3. The van der Waals surface area contributed by atoms with Crippen molar-refractivity contribution in [1.82, 2.24) is 0 Å². The molecule has 20 heavy (non-hydrogen) atoms. The predicted molar refractivity (Wildman–Crippen MR) is 81.1 cm³/mol. The van der Waals surface area contributed by atoms with Gasteiger partial charge in [0.25, 0.3) is 0 Å². The molecule has 2 N–H and O–H groups in total. The molecule has 2 aromatic rings. The molecule has 0 spiro atoms. The zero-order valence-electron chi connectivity index (χ0n) is 10.8. The minimum atomic E-state index is 0.347. The molecular weight excluding hydrogens is 295 g/mol. The summed E-state index contributed by atoms with van der Waals surface area (Å²) in [6.45, 7) is 2.28. The number of nitrogens with two attached hydrogens (primary N) is 1. The Morgan fingerprint density at radius 1 is 1.20 bits per heavy atom. The Balaban J connectivity index is 2.17. The van der Waals surface area contributed by atoms with Crippen LogP contribution in [0.1, 0.15) is 16.7 Å². The third-order valence-electron chi connectivity index (χ3n) is 2.91. The molecule has 0 bridgehead atoms. The van der Waals surface area contributed by atoms with Gasteiger partial charge >= 0.3 is 0 Å². The highest BCUT2D eigenvalue weighted by Gasteiger charge is 2.07. The Bertz CT molecular complexity index is 693. The smallest absolute Gasteiger partial charge is 0.144 e. The first-order valence-electron chi connectivity index (χ1n) is 5.88. The zero-order chi connectivity index (χ0) is 14.7. The highest BCUT2D eigenvalue weighted by Crippen LogP contribution is 2.32. The SMILES string of the molecule is Cc1cc(C#N)ccc1COc1cc(Cl)c(Cl)cc1N. The maximum atomic E-state index is 8.83. The van der Waals surface area contributed by atoms with Crippen LogP contribution < -0.4 is 10.5 Å². The summed E-state index contributed by atoms with van der Waals surface area (Å²) in [6.07, 6.45) is 0. The fraction of sp³-hybridized carbons (Fsp3) is 0.133. The number of anilines is 1. The van der Waals surface area contributed by atoms with E-state index in [0.29, 0.717) is 33.7 Å². The first-order valence-corrected chi connectivity index (χ1v) is 6.64. The Labute approximate surface area is 127 Å². The maximum Gasteiger partial charge on any atom is 0.144 e. The molecule has 0 unspecified atom stereocenters. The molecule has 3 nitrogen and oxygen atoms in total. The van der Waals surface area contributed by atoms with Crippen molar-refractivity contribution in [2.75, 3.05) is 5.73 Å². The molecule has 0 saturated carbocycles. The van der Waals surface area contributed by atoms with Crippen LogP contribution in [0.25, 0.3) is 0 Å². The summed E-state index contributed by atoms with van der Waals surface area (Å²) >= 11 is 11.8. The molecular formula is C15H12Cl2N2O. The van der Waals surface area contributed by atoms with Gasteiger partial charge in [0.2, 0.25) is 0 Å². The monoisotopic (exact) mass is 306 g/mol. The van der Waals surface area contributed by atoms with E-state index in [1.807, 2.05) is 19.1 Å². The number of benzene rings is 2. The number of hydrogen-bond acceptors (Lipinski definition) is 3. The van der Waals surface area contributed by atoms with Crippen molar-refractivity contribution in [3.05, 3.63) is 57.1 Å². The molecule has 0 amide bonds. The van der Waals surface area contributed by atoms with E-state index in [-0.39, 0.29) is 0 Å². The van der Waals surface area contributed by atoms with E-state index in [4.69, 9.17) is 38.9 Å². The van der Waals surface area contributed by atoms with Crippen molar-refractivity contribution in [3.8, 4) is 11.8 Å². The van der Waals surface area contributed by atoms with Gasteiger partial charge in [0.15, 0.2) is 0 Å². The summed E-state index contributed by atoms with van der Waals surface area (Å²) < 4.78 is 5.66. The summed E-state index contributed by atoms with van der Waals surface area (Å²) in [5, 5.41) is 9.62. The van der Waals surface area contributed by atoms with Gasteiger partial charge in [-0.25, -0.2) is 0 Å². The maximum absolute atomic E-state index is 8.83. The molecule has 0 aliphatic heterocycles. The summed E-state index contributed by atoms with van der Waals surface area (Å²) in [4.78, 5) is 0. The number of nitrogens with zero attached hydrogens (tertiary/aromatic N) is 1. The molecule has 0 aliphatic rings. The van der Waals surface area contributed by atoms with Crippen LogP contribution in [0.15, 0.2) is 30.3 Å². The molecule has 0 fully saturated rings. The molecule has 102 valence electrons. The molecule has 0 aliphatic carbocycles. The van der Waals surface area contributed by atoms with Crippen LogP contribution in [0.2, 0.25) is 10.0 Å². The van der Waals surface area contributed by atoms with Gasteiger partial charge in [0, 0.05) is 6.07 Å². The fourth-order valence-corrected chi connectivity index (χ4v) is 2.08. The minimum Gasteiger partial charge on any atom is -0.487 e. The lowest BCUT2D eigenvalue weighted by Crippen LogP contribution is -2.01. The highest BCUT2D eigenvalue weighted by molar-refractivity contribution is 6.42. The second kappa shape index (κ2) is 6.04. The Morgan fingerprint density at radius 2 is 1.90 bits per heavy atom. The van der Waals surface area contributed by atoms with Crippen molar-refractivity contribution in [3.63, 3.8) is 0 Å². The van der Waals surface area contributed by atoms with E-state index in [1.54, 1.807) is 18.2 Å². The lowest BCUT2D eigenvalue weighted by Gasteiger charge is -2.12.